The second-order valence-corrected chi connectivity index (χ2v) is 6.24. The summed E-state index contributed by atoms with van der Waals surface area (Å²) in [6, 6.07) is 11.7. The van der Waals surface area contributed by atoms with E-state index in [4.69, 9.17) is 27.9 Å². The Hall–Kier alpha value is -2.37. The fraction of sp³-hybridized carbons (Fsp3) is 0.167. The summed E-state index contributed by atoms with van der Waals surface area (Å²) in [5, 5.41) is 1.18. The molecule has 0 saturated carbocycles. The molecule has 0 amide bonds. The van der Waals surface area contributed by atoms with Crippen LogP contribution in [0.4, 0.5) is 0 Å². The third kappa shape index (κ3) is 3.67. The van der Waals surface area contributed by atoms with Gasteiger partial charge in [0.1, 0.15) is 12.4 Å². The number of aromatic nitrogens is 2. The highest BCUT2D eigenvalue weighted by atomic mass is 35.5. The molecule has 3 aromatic rings. The average molecular weight is 377 g/mol. The average Bonchev–Trinajstić information content (AvgIpc) is 2.57. The Balaban J connectivity index is 1.75. The maximum absolute atomic E-state index is 12.5. The molecule has 0 aliphatic rings. The van der Waals surface area contributed by atoms with Gasteiger partial charge in [-0.05, 0) is 37.3 Å². The zero-order valence-electron chi connectivity index (χ0n) is 13.3. The van der Waals surface area contributed by atoms with Gasteiger partial charge in [0.2, 0.25) is 0 Å². The van der Waals surface area contributed by atoms with Crippen LogP contribution in [0, 0.1) is 6.92 Å². The number of fused-ring (bicyclic) bond motifs is 1. The zero-order valence-corrected chi connectivity index (χ0v) is 14.8. The molecule has 1 aromatic heterocycles. The molecule has 7 heteroatoms. The third-order valence-corrected chi connectivity index (χ3v) is 4.30. The lowest BCUT2D eigenvalue weighted by Crippen LogP contribution is -2.26. The Morgan fingerprint density at radius 2 is 1.96 bits per heavy atom. The lowest BCUT2D eigenvalue weighted by molar-refractivity contribution is 0.0489. The topological polar surface area (TPSA) is 61.2 Å². The van der Waals surface area contributed by atoms with E-state index in [1.165, 1.54) is 16.7 Å². The van der Waals surface area contributed by atoms with Crippen molar-refractivity contribution in [3.63, 3.8) is 0 Å². The van der Waals surface area contributed by atoms with Crippen LogP contribution in [0.25, 0.3) is 10.9 Å². The maximum Gasteiger partial charge on any atom is 0.339 e. The second-order valence-electron chi connectivity index (χ2n) is 5.39. The van der Waals surface area contributed by atoms with Crippen LogP contribution in [0.2, 0.25) is 10.0 Å². The smallest absolute Gasteiger partial charge is 0.339 e. The number of halogens is 2. The molecule has 0 fully saturated rings. The van der Waals surface area contributed by atoms with Gasteiger partial charge < -0.3 is 4.74 Å². The third-order valence-electron chi connectivity index (χ3n) is 3.75. The van der Waals surface area contributed by atoms with E-state index in [-0.39, 0.29) is 29.3 Å². The van der Waals surface area contributed by atoms with Gasteiger partial charge in [0.05, 0.1) is 28.0 Å². The fourth-order valence-corrected chi connectivity index (χ4v) is 2.99. The molecule has 3 rings (SSSR count). The Bertz CT molecular complexity index is 1010. The number of hydrogen-bond acceptors (Lipinski definition) is 4. The summed E-state index contributed by atoms with van der Waals surface area (Å²) in [5.41, 5.74) is 0.710. The molecule has 0 aliphatic heterocycles. The van der Waals surface area contributed by atoms with E-state index in [0.29, 0.717) is 21.7 Å². The molecule has 128 valence electrons. The number of nitrogens with zero attached hydrogens (tertiary/aromatic N) is 2. The van der Waals surface area contributed by atoms with Crippen molar-refractivity contribution in [3.8, 4) is 0 Å². The Morgan fingerprint density at radius 3 is 2.72 bits per heavy atom. The second kappa shape index (κ2) is 7.25. The predicted molar refractivity (Wildman–Crippen MR) is 97.5 cm³/mol. The fourth-order valence-electron chi connectivity index (χ4n) is 2.50. The van der Waals surface area contributed by atoms with Crippen LogP contribution in [-0.4, -0.2) is 22.1 Å². The number of aryl methyl sites for hydroxylation is 1. The van der Waals surface area contributed by atoms with Crippen molar-refractivity contribution in [2.24, 2.45) is 0 Å². The Morgan fingerprint density at radius 1 is 1.20 bits per heavy atom. The van der Waals surface area contributed by atoms with Crippen LogP contribution in [-0.2, 0) is 11.3 Å². The van der Waals surface area contributed by atoms with E-state index in [0.717, 1.165) is 0 Å². The van der Waals surface area contributed by atoms with Crippen molar-refractivity contribution >= 4 is 40.1 Å². The van der Waals surface area contributed by atoms with Crippen LogP contribution in [0.5, 0.6) is 0 Å². The van der Waals surface area contributed by atoms with E-state index in [9.17, 15) is 9.59 Å². The number of carbonyl (C=O) groups is 1. The van der Waals surface area contributed by atoms with E-state index < -0.39 is 5.97 Å². The Labute approximate surface area is 153 Å². The first kappa shape index (κ1) is 17.5. The van der Waals surface area contributed by atoms with Gasteiger partial charge in [0.25, 0.3) is 5.56 Å². The van der Waals surface area contributed by atoms with Gasteiger partial charge in [-0.3, -0.25) is 9.36 Å². The van der Waals surface area contributed by atoms with Crippen LogP contribution in [0.3, 0.4) is 0 Å². The SMILES string of the molecule is Cc1nc2ccccc2c(=O)n1CCOC(=O)c1ccc(Cl)cc1Cl. The van der Waals surface area contributed by atoms with Crippen LogP contribution in [0.15, 0.2) is 47.3 Å². The first-order valence-electron chi connectivity index (χ1n) is 7.56. The van der Waals surface area contributed by atoms with E-state index in [1.807, 2.05) is 6.07 Å². The zero-order chi connectivity index (χ0) is 18.0. The minimum absolute atomic E-state index is 0.0263. The summed E-state index contributed by atoms with van der Waals surface area (Å²) >= 11 is 11.8. The molecule has 0 saturated heterocycles. The van der Waals surface area contributed by atoms with Gasteiger partial charge in [-0.15, -0.1) is 0 Å². The summed E-state index contributed by atoms with van der Waals surface area (Å²) in [6.45, 7) is 1.98. The quantitative estimate of drug-likeness (QED) is 0.648. The highest BCUT2D eigenvalue weighted by Gasteiger charge is 2.13. The molecule has 1 heterocycles. The van der Waals surface area contributed by atoms with Gasteiger partial charge in [-0.1, -0.05) is 35.3 Å². The summed E-state index contributed by atoms with van der Waals surface area (Å²) in [7, 11) is 0. The molecular formula is C18H14Cl2N2O3. The molecule has 0 aliphatic carbocycles. The largest absolute Gasteiger partial charge is 0.460 e. The molecule has 0 N–H and O–H groups in total. The molecular weight excluding hydrogens is 363 g/mol. The van der Waals surface area contributed by atoms with E-state index in [2.05, 4.69) is 4.98 Å². The van der Waals surface area contributed by atoms with Crippen molar-refractivity contribution in [1.82, 2.24) is 9.55 Å². The number of hydrogen-bond donors (Lipinski definition) is 0. The summed E-state index contributed by atoms with van der Waals surface area (Å²) in [5.74, 6) is -0.00890. The summed E-state index contributed by atoms with van der Waals surface area (Å²) < 4.78 is 6.71. The van der Waals surface area contributed by atoms with Crippen molar-refractivity contribution in [1.29, 1.82) is 0 Å². The number of carbonyl (C=O) groups excluding carboxylic acids is 1. The van der Waals surface area contributed by atoms with Crippen molar-refractivity contribution in [2.75, 3.05) is 6.61 Å². The minimum Gasteiger partial charge on any atom is -0.460 e. The van der Waals surface area contributed by atoms with Crippen LogP contribution < -0.4 is 5.56 Å². The van der Waals surface area contributed by atoms with Gasteiger partial charge in [-0.25, -0.2) is 9.78 Å². The molecule has 0 unspecified atom stereocenters. The summed E-state index contributed by atoms with van der Waals surface area (Å²) in [4.78, 5) is 29.0. The van der Waals surface area contributed by atoms with Gasteiger partial charge in [-0.2, -0.15) is 0 Å². The molecule has 2 aromatic carbocycles. The lowest BCUT2D eigenvalue weighted by atomic mass is 10.2. The first-order chi connectivity index (χ1) is 12.0. The predicted octanol–water partition coefficient (Wildman–Crippen LogP) is 3.87. The Kier molecular flexibility index (Phi) is 5.06. The monoisotopic (exact) mass is 376 g/mol. The minimum atomic E-state index is -0.568. The number of ether oxygens (including phenoxy) is 1. The normalized spacial score (nSPS) is 10.8. The molecule has 5 nitrogen and oxygen atoms in total. The van der Waals surface area contributed by atoms with E-state index >= 15 is 0 Å². The van der Waals surface area contributed by atoms with E-state index in [1.54, 1.807) is 31.2 Å². The highest BCUT2D eigenvalue weighted by Crippen LogP contribution is 2.21. The van der Waals surface area contributed by atoms with Gasteiger partial charge in [0.15, 0.2) is 0 Å². The number of rotatable bonds is 4. The first-order valence-corrected chi connectivity index (χ1v) is 8.31. The lowest BCUT2D eigenvalue weighted by Gasteiger charge is -2.11. The van der Waals surface area contributed by atoms with Crippen LogP contribution >= 0.6 is 23.2 Å². The van der Waals surface area contributed by atoms with Gasteiger partial charge >= 0.3 is 5.97 Å². The molecule has 0 atom stereocenters. The van der Waals surface area contributed by atoms with Crippen molar-refractivity contribution in [3.05, 3.63) is 74.3 Å². The number of benzene rings is 2. The molecule has 25 heavy (non-hydrogen) atoms. The van der Waals surface area contributed by atoms with Crippen LogP contribution in [0.1, 0.15) is 16.2 Å². The summed E-state index contributed by atoms with van der Waals surface area (Å²) in [6.07, 6.45) is 0. The van der Waals surface area contributed by atoms with Crippen molar-refractivity contribution < 1.29 is 9.53 Å². The number of esters is 1. The highest BCUT2D eigenvalue weighted by molar-refractivity contribution is 6.36. The molecule has 0 bridgehead atoms. The standard InChI is InChI=1S/C18H14Cl2N2O3/c1-11-21-16-5-3-2-4-14(16)17(23)22(11)8-9-25-18(24)13-7-6-12(19)10-15(13)20/h2-7,10H,8-9H2,1H3. The molecule has 0 spiro atoms. The number of para-hydroxylation sites is 1. The maximum atomic E-state index is 12.5. The molecule has 0 radical (unpaired) electrons. The van der Waals surface area contributed by atoms with Crippen molar-refractivity contribution in [2.45, 2.75) is 13.5 Å². The van der Waals surface area contributed by atoms with Gasteiger partial charge in [0, 0.05) is 5.02 Å².